The van der Waals surface area contributed by atoms with Crippen LogP contribution in [0.25, 0.3) is 0 Å². The third-order valence-corrected chi connectivity index (χ3v) is 2.05. The standard InChI is InChI=1S/C12H17F3N4O2/c1-11(2,3)21-10(20)17-7-6-16-9-5-4-8(18-19-9)12(13,14)15/h4-5H,6-7H2,1-3H3,(H,16,19)(H,17,20). The second kappa shape index (κ2) is 6.59. The third kappa shape index (κ3) is 6.77. The van der Waals surface area contributed by atoms with Crippen LogP contribution in [0.15, 0.2) is 12.1 Å². The number of ether oxygens (including phenoxy) is 1. The summed E-state index contributed by atoms with van der Waals surface area (Å²) in [6, 6.07) is 2.00. The van der Waals surface area contributed by atoms with Crippen LogP contribution in [0.2, 0.25) is 0 Å². The molecule has 2 N–H and O–H groups in total. The number of carbonyl (C=O) groups is 1. The first-order valence-corrected chi connectivity index (χ1v) is 6.19. The van der Waals surface area contributed by atoms with E-state index in [1.807, 2.05) is 0 Å². The Kier molecular flexibility index (Phi) is 5.34. The van der Waals surface area contributed by atoms with Crippen LogP contribution in [0.1, 0.15) is 26.5 Å². The zero-order valence-electron chi connectivity index (χ0n) is 11.9. The quantitative estimate of drug-likeness (QED) is 0.836. The molecule has 0 unspecified atom stereocenters. The third-order valence-electron chi connectivity index (χ3n) is 2.05. The van der Waals surface area contributed by atoms with Gasteiger partial charge in [-0.1, -0.05) is 0 Å². The number of anilines is 1. The Morgan fingerprint density at radius 1 is 1.19 bits per heavy atom. The summed E-state index contributed by atoms with van der Waals surface area (Å²) >= 11 is 0. The van der Waals surface area contributed by atoms with Crippen molar-refractivity contribution in [1.29, 1.82) is 0 Å². The summed E-state index contributed by atoms with van der Waals surface area (Å²) < 4.78 is 41.8. The van der Waals surface area contributed by atoms with Gasteiger partial charge in [0.1, 0.15) is 11.4 Å². The number of amides is 1. The van der Waals surface area contributed by atoms with E-state index in [1.165, 1.54) is 6.07 Å². The number of alkyl carbamates (subject to hydrolysis) is 1. The number of nitrogens with one attached hydrogen (secondary N) is 2. The van der Waals surface area contributed by atoms with Gasteiger partial charge in [0.15, 0.2) is 5.69 Å². The highest BCUT2D eigenvalue weighted by Gasteiger charge is 2.32. The molecule has 0 aromatic carbocycles. The van der Waals surface area contributed by atoms with Gasteiger partial charge in [0.05, 0.1) is 0 Å². The van der Waals surface area contributed by atoms with Crippen molar-refractivity contribution in [2.75, 3.05) is 18.4 Å². The van der Waals surface area contributed by atoms with Gasteiger partial charge in [0, 0.05) is 13.1 Å². The number of rotatable bonds is 4. The molecule has 1 aromatic heterocycles. The van der Waals surface area contributed by atoms with Crippen LogP contribution < -0.4 is 10.6 Å². The molecule has 0 saturated carbocycles. The molecule has 1 heterocycles. The van der Waals surface area contributed by atoms with Gasteiger partial charge in [-0.2, -0.15) is 13.2 Å². The fourth-order valence-corrected chi connectivity index (χ4v) is 1.25. The zero-order chi connectivity index (χ0) is 16.1. The highest BCUT2D eigenvalue weighted by molar-refractivity contribution is 5.67. The average molecular weight is 306 g/mol. The largest absolute Gasteiger partial charge is 0.444 e. The molecule has 1 aromatic rings. The van der Waals surface area contributed by atoms with Crippen LogP contribution in [0.5, 0.6) is 0 Å². The molecule has 9 heteroatoms. The maximum absolute atomic E-state index is 12.3. The molecule has 0 fully saturated rings. The van der Waals surface area contributed by atoms with Crippen LogP contribution in [0.3, 0.4) is 0 Å². The Hall–Kier alpha value is -2.06. The van der Waals surface area contributed by atoms with E-state index in [1.54, 1.807) is 20.8 Å². The summed E-state index contributed by atoms with van der Waals surface area (Å²) in [6.45, 7) is 5.73. The number of halogens is 3. The smallest absolute Gasteiger partial charge is 0.435 e. The Morgan fingerprint density at radius 3 is 2.33 bits per heavy atom. The molecule has 1 rings (SSSR count). The first kappa shape index (κ1) is 17.0. The monoisotopic (exact) mass is 306 g/mol. The van der Waals surface area contributed by atoms with Gasteiger partial charge in [0.2, 0.25) is 0 Å². The number of hydrogen-bond donors (Lipinski definition) is 2. The van der Waals surface area contributed by atoms with Crippen LogP contribution in [0.4, 0.5) is 23.8 Å². The Balaban J connectivity index is 2.32. The lowest BCUT2D eigenvalue weighted by molar-refractivity contribution is -0.141. The summed E-state index contributed by atoms with van der Waals surface area (Å²) in [5.41, 5.74) is -1.64. The van der Waals surface area contributed by atoms with Gasteiger partial charge in [-0.15, -0.1) is 10.2 Å². The molecule has 0 aliphatic carbocycles. The van der Waals surface area contributed by atoms with Crippen molar-refractivity contribution in [1.82, 2.24) is 15.5 Å². The van der Waals surface area contributed by atoms with Crippen molar-refractivity contribution < 1.29 is 22.7 Å². The van der Waals surface area contributed by atoms with Gasteiger partial charge in [-0.3, -0.25) is 0 Å². The van der Waals surface area contributed by atoms with E-state index in [0.29, 0.717) is 0 Å². The first-order chi connectivity index (χ1) is 9.58. The molecule has 21 heavy (non-hydrogen) atoms. The molecular weight excluding hydrogens is 289 g/mol. The van der Waals surface area contributed by atoms with E-state index in [-0.39, 0.29) is 18.9 Å². The van der Waals surface area contributed by atoms with E-state index in [9.17, 15) is 18.0 Å². The van der Waals surface area contributed by atoms with Crippen LogP contribution >= 0.6 is 0 Å². The molecular formula is C12H17F3N4O2. The number of hydrogen-bond acceptors (Lipinski definition) is 5. The van der Waals surface area contributed by atoms with Gasteiger partial charge in [-0.05, 0) is 32.9 Å². The summed E-state index contributed by atoms with van der Waals surface area (Å²) in [6.07, 6.45) is -5.08. The topological polar surface area (TPSA) is 76.1 Å². The predicted molar refractivity (Wildman–Crippen MR) is 69.8 cm³/mol. The Labute approximate surface area is 120 Å². The maximum Gasteiger partial charge on any atom is 0.435 e. The minimum Gasteiger partial charge on any atom is -0.444 e. The number of nitrogens with zero attached hydrogens (tertiary/aromatic N) is 2. The molecule has 118 valence electrons. The van der Waals surface area contributed by atoms with Gasteiger partial charge >= 0.3 is 12.3 Å². The van der Waals surface area contributed by atoms with E-state index in [0.717, 1.165) is 6.07 Å². The van der Waals surface area contributed by atoms with Crippen LogP contribution in [-0.4, -0.2) is 35.0 Å². The van der Waals surface area contributed by atoms with E-state index in [2.05, 4.69) is 20.8 Å². The number of alkyl halides is 3. The second-order valence-corrected chi connectivity index (χ2v) is 5.16. The summed E-state index contributed by atoms with van der Waals surface area (Å²) in [7, 11) is 0. The van der Waals surface area contributed by atoms with Crippen molar-refractivity contribution >= 4 is 11.9 Å². The van der Waals surface area contributed by atoms with Crippen molar-refractivity contribution in [3.63, 3.8) is 0 Å². The van der Waals surface area contributed by atoms with Gasteiger partial charge < -0.3 is 15.4 Å². The lowest BCUT2D eigenvalue weighted by Crippen LogP contribution is -2.35. The van der Waals surface area contributed by atoms with E-state index < -0.39 is 23.6 Å². The summed E-state index contributed by atoms with van der Waals surface area (Å²) in [5, 5.41) is 11.7. The second-order valence-electron chi connectivity index (χ2n) is 5.16. The average Bonchev–Trinajstić information content (AvgIpc) is 2.32. The predicted octanol–water partition coefficient (Wildman–Crippen LogP) is 2.43. The normalized spacial score (nSPS) is 11.9. The highest BCUT2D eigenvalue weighted by atomic mass is 19.4. The molecule has 1 amide bonds. The number of carbonyl (C=O) groups excluding carboxylic acids is 1. The lowest BCUT2D eigenvalue weighted by Gasteiger charge is -2.19. The molecule has 0 spiro atoms. The maximum atomic E-state index is 12.3. The highest BCUT2D eigenvalue weighted by Crippen LogP contribution is 2.26. The number of aromatic nitrogens is 2. The summed E-state index contributed by atoms with van der Waals surface area (Å²) in [5.74, 6) is 0.189. The zero-order valence-corrected chi connectivity index (χ0v) is 11.9. The molecule has 0 aliphatic heterocycles. The van der Waals surface area contributed by atoms with E-state index in [4.69, 9.17) is 4.74 Å². The molecule has 0 atom stereocenters. The molecule has 0 aliphatic rings. The fraction of sp³-hybridized carbons (Fsp3) is 0.583. The van der Waals surface area contributed by atoms with Gasteiger partial charge in [0.25, 0.3) is 0 Å². The van der Waals surface area contributed by atoms with Crippen molar-refractivity contribution in [3.8, 4) is 0 Å². The molecule has 0 bridgehead atoms. The molecule has 0 radical (unpaired) electrons. The Bertz CT molecular complexity index is 469. The lowest BCUT2D eigenvalue weighted by atomic mass is 10.2. The minimum absolute atomic E-state index is 0.189. The van der Waals surface area contributed by atoms with Crippen molar-refractivity contribution in [2.45, 2.75) is 32.5 Å². The first-order valence-electron chi connectivity index (χ1n) is 6.19. The molecule has 0 saturated heterocycles. The Morgan fingerprint density at radius 2 is 1.86 bits per heavy atom. The van der Waals surface area contributed by atoms with E-state index >= 15 is 0 Å². The van der Waals surface area contributed by atoms with Crippen LogP contribution in [0, 0.1) is 0 Å². The van der Waals surface area contributed by atoms with Crippen molar-refractivity contribution in [2.24, 2.45) is 0 Å². The minimum atomic E-state index is -4.51. The molecule has 6 nitrogen and oxygen atoms in total. The summed E-state index contributed by atoms with van der Waals surface area (Å²) in [4.78, 5) is 11.3. The van der Waals surface area contributed by atoms with Gasteiger partial charge in [-0.25, -0.2) is 4.79 Å². The SMILES string of the molecule is CC(C)(C)OC(=O)NCCNc1ccc(C(F)(F)F)nn1. The van der Waals surface area contributed by atoms with Crippen LogP contribution in [-0.2, 0) is 10.9 Å². The fourth-order valence-electron chi connectivity index (χ4n) is 1.25. The van der Waals surface area contributed by atoms with Crippen molar-refractivity contribution in [3.05, 3.63) is 17.8 Å².